The summed E-state index contributed by atoms with van der Waals surface area (Å²) in [5, 5.41) is 13.5. The third-order valence-electron chi connectivity index (χ3n) is 6.29. The number of allylic oxidation sites excluding steroid dienone is 9. The minimum Gasteiger partial charge on any atom is -0.387 e. The summed E-state index contributed by atoms with van der Waals surface area (Å²) in [5.74, 6) is -0.231. The number of aliphatic hydroxyl groups is 1. The molecule has 1 amide bonds. The third-order valence-corrected chi connectivity index (χ3v) is 7.27. The molecule has 9 heteroatoms. The van der Waals surface area contributed by atoms with Crippen molar-refractivity contribution in [2.45, 2.75) is 122 Å². The van der Waals surface area contributed by atoms with E-state index in [4.69, 9.17) is 14.8 Å². The van der Waals surface area contributed by atoms with E-state index in [0.29, 0.717) is 6.42 Å². The maximum atomic E-state index is 12.6. The average molecular weight is 611 g/mol. The predicted molar refractivity (Wildman–Crippen MR) is 175 cm³/mol. The van der Waals surface area contributed by atoms with Gasteiger partial charge in [-0.2, -0.15) is 0 Å². The van der Waals surface area contributed by atoms with Gasteiger partial charge in [0, 0.05) is 13.0 Å². The van der Waals surface area contributed by atoms with Crippen LogP contribution in [-0.2, 0) is 18.4 Å². The van der Waals surface area contributed by atoms with Gasteiger partial charge in [0.1, 0.15) is 0 Å². The average Bonchev–Trinajstić information content (AvgIpc) is 2.97. The number of nitrogens with two attached hydrogens (primary N) is 1. The molecule has 42 heavy (non-hydrogen) atoms. The maximum absolute atomic E-state index is 12.6. The van der Waals surface area contributed by atoms with Crippen molar-refractivity contribution in [1.29, 1.82) is 0 Å². The molecule has 0 saturated heterocycles. The number of phosphoric acid groups is 1. The van der Waals surface area contributed by atoms with Gasteiger partial charge in [0.2, 0.25) is 5.91 Å². The van der Waals surface area contributed by atoms with Crippen LogP contribution in [0, 0.1) is 0 Å². The van der Waals surface area contributed by atoms with Crippen molar-refractivity contribution in [3.8, 4) is 0 Å². The quantitative estimate of drug-likeness (QED) is 0.0408. The number of aliphatic hydroxyl groups excluding tert-OH is 1. The number of amides is 1. The highest BCUT2D eigenvalue weighted by molar-refractivity contribution is 7.47. The van der Waals surface area contributed by atoms with Crippen LogP contribution in [0.5, 0.6) is 0 Å². The molecule has 0 aromatic carbocycles. The maximum Gasteiger partial charge on any atom is 0.472 e. The Labute approximate surface area is 255 Å². The smallest absolute Gasteiger partial charge is 0.387 e. The van der Waals surface area contributed by atoms with Gasteiger partial charge in [-0.3, -0.25) is 13.8 Å². The second-order valence-electron chi connectivity index (χ2n) is 10.3. The van der Waals surface area contributed by atoms with Gasteiger partial charge in [0.05, 0.1) is 25.4 Å². The SMILES string of the molecule is CC/C=C/CC/C=C/CC/C=C/C(O)C(COP(=O)(O)OCCN)NC(=O)CCCCCCC/C=C\C/C=C\CCC. The fourth-order valence-electron chi connectivity index (χ4n) is 3.91. The number of nitrogens with one attached hydrogen (secondary N) is 1. The topological polar surface area (TPSA) is 131 Å². The van der Waals surface area contributed by atoms with Crippen molar-refractivity contribution in [3.63, 3.8) is 0 Å². The molecule has 0 saturated carbocycles. The number of phosphoric ester groups is 1. The number of carbonyl (C=O) groups excluding carboxylic acids is 1. The highest BCUT2D eigenvalue weighted by atomic mass is 31.2. The summed E-state index contributed by atoms with van der Waals surface area (Å²) in [5.41, 5.74) is 5.32. The number of rotatable bonds is 28. The second kappa shape index (κ2) is 29.3. The van der Waals surface area contributed by atoms with E-state index in [0.717, 1.165) is 83.5 Å². The van der Waals surface area contributed by atoms with Crippen LogP contribution in [0.1, 0.15) is 110 Å². The van der Waals surface area contributed by atoms with Gasteiger partial charge in [-0.1, -0.05) is 100 Å². The lowest BCUT2D eigenvalue weighted by Crippen LogP contribution is -2.45. The molecule has 5 N–H and O–H groups in total. The second-order valence-corrected chi connectivity index (χ2v) is 11.7. The lowest BCUT2D eigenvalue weighted by Gasteiger charge is -2.23. The number of unbranched alkanes of at least 4 members (excludes halogenated alkanes) is 8. The van der Waals surface area contributed by atoms with E-state index in [-0.39, 0.29) is 25.7 Å². The third kappa shape index (κ3) is 27.1. The lowest BCUT2D eigenvalue weighted by molar-refractivity contribution is -0.123. The summed E-state index contributed by atoms with van der Waals surface area (Å²) in [7, 11) is -4.34. The zero-order valence-electron chi connectivity index (χ0n) is 26.2. The molecule has 0 aliphatic heterocycles. The van der Waals surface area contributed by atoms with Crippen LogP contribution in [0.25, 0.3) is 0 Å². The molecule has 0 rings (SSSR count). The summed E-state index contributed by atoms with van der Waals surface area (Å²) in [4.78, 5) is 22.4. The molecular weight excluding hydrogens is 551 g/mol. The molecule has 3 unspecified atom stereocenters. The predicted octanol–water partition coefficient (Wildman–Crippen LogP) is 7.60. The van der Waals surface area contributed by atoms with Crippen LogP contribution in [0.3, 0.4) is 0 Å². The van der Waals surface area contributed by atoms with Crippen molar-refractivity contribution >= 4 is 13.7 Å². The van der Waals surface area contributed by atoms with E-state index in [2.05, 4.69) is 67.8 Å². The Morgan fingerprint density at radius 1 is 0.810 bits per heavy atom. The Kier molecular flexibility index (Phi) is 28.0. The summed E-state index contributed by atoms with van der Waals surface area (Å²) in [6.45, 7) is 3.85. The number of hydrogen-bond donors (Lipinski definition) is 4. The van der Waals surface area contributed by atoms with Crippen LogP contribution in [0.2, 0.25) is 0 Å². The van der Waals surface area contributed by atoms with Crippen molar-refractivity contribution in [2.75, 3.05) is 19.8 Å². The molecule has 0 aromatic rings. The van der Waals surface area contributed by atoms with Gasteiger partial charge in [-0.15, -0.1) is 0 Å². The summed E-state index contributed by atoms with van der Waals surface area (Å²) in [6.07, 6.45) is 34.2. The molecular formula is C33H59N2O6P. The first kappa shape index (κ1) is 40.2. The van der Waals surface area contributed by atoms with Crippen molar-refractivity contribution < 1.29 is 28.4 Å². The first-order valence-corrected chi connectivity index (χ1v) is 17.4. The van der Waals surface area contributed by atoms with Crippen LogP contribution in [-0.4, -0.2) is 47.8 Å². The largest absolute Gasteiger partial charge is 0.472 e. The normalized spacial score (nSPS) is 15.5. The Morgan fingerprint density at radius 3 is 2.07 bits per heavy atom. The molecule has 0 aliphatic carbocycles. The van der Waals surface area contributed by atoms with Gasteiger partial charge in [-0.05, 0) is 64.2 Å². The first-order chi connectivity index (χ1) is 20.4. The van der Waals surface area contributed by atoms with Crippen LogP contribution >= 0.6 is 7.82 Å². The Hall–Kier alpha value is -1.80. The standard InChI is InChI=1S/C33H59N2O6P/c1-3-5-7-9-11-13-15-16-17-19-21-23-25-27-33(37)35-31(30-41-42(38,39)40-29-28-34)32(36)26-24-22-20-18-14-12-10-8-6-4-2/h6-9,13-15,18,24,26,31-32,36H,3-5,10-12,16-17,19-23,25,27-30,34H2,1-2H3,(H,35,37)(H,38,39)/b8-6+,9-7-,15-13-,18-14+,26-24+. The summed E-state index contributed by atoms with van der Waals surface area (Å²) >= 11 is 0. The van der Waals surface area contributed by atoms with Crippen molar-refractivity contribution in [1.82, 2.24) is 5.32 Å². The Balaban J connectivity index is 4.52. The van der Waals surface area contributed by atoms with E-state index in [1.165, 1.54) is 6.42 Å². The van der Waals surface area contributed by atoms with E-state index >= 15 is 0 Å². The fraction of sp³-hybridized carbons (Fsp3) is 0.667. The van der Waals surface area contributed by atoms with E-state index < -0.39 is 20.0 Å². The van der Waals surface area contributed by atoms with Crippen LogP contribution in [0.15, 0.2) is 60.8 Å². The van der Waals surface area contributed by atoms with Gasteiger partial charge >= 0.3 is 7.82 Å². The van der Waals surface area contributed by atoms with Crippen LogP contribution < -0.4 is 11.1 Å². The summed E-state index contributed by atoms with van der Waals surface area (Å²) < 4.78 is 21.9. The minimum absolute atomic E-state index is 0.0662. The molecule has 0 fully saturated rings. The molecule has 8 nitrogen and oxygen atoms in total. The molecule has 3 atom stereocenters. The molecule has 0 bridgehead atoms. The van der Waals surface area contributed by atoms with Crippen molar-refractivity contribution in [3.05, 3.63) is 60.8 Å². The Bertz CT molecular complexity index is 840. The molecule has 0 radical (unpaired) electrons. The Morgan fingerprint density at radius 2 is 1.40 bits per heavy atom. The number of hydrogen-bond acceptors (Lipinski definition) is 6. The zero-order chi connectivity index (χ0) is 31.2. The van der Waals surface area contributed by atoms with Gasteiger partial charge in [-0.25, -0.2) is 4.57 Å². The van der Waals surface area contributed by atoms with Crippen molar-refractivity contribution in [2.24, 2.45) is 5.73 Å². The highest BCUT2D eigenvalue weighted by Gasteiger charge is 2.26. The molecule has 0 aromatic heterocycles. The van der Waals surface area contributed by atoms with E-state index in [1.54, 1.807) is 6.08 Å². The van der Waals surface area contributed by atoms with Gasteiger partial charge < -0.3 is 21.1 Å². The van der Waals surface area contributed by atoms with E-state index in [1.807, 2.05) is 6.08 Å². The fourth-order valence-corrected chi connectivity index (χ4v) is 4.67. The summed E-state index contributed by atoms with van der Waals surface area (Å²) in [6, 6.07) is -0.889. The first-order valence-electron chi connectivity index (χ1n) is 15.9. The molecule has 0 spiro atoms. The van der Waals surface area contributed by atoms with Gasteiger partial charge in [0.15, 0.2) is 0 Å². The van der Waals surface area contributed by atoms with Gasteiger partial charge in [0.25, 0.3) is 0 Å². The van der Waals surface area contributed by atoms with E-state index in [9.17, 15) is 19.4 Å². The highest BCUT2D eigenvalue weighted by Crippen LogP contribution is 2.43. The lowest BCUT2D eigenvalue weighted by atomic mass is 10.1. The number of carbonyl (C=O) groups is 1. The monoisotopic (exact) mass is 610 g/mol. The minimum atomic E-state index is -4.34. The van der Waals surface area contributed by atoms with Crippen LogP contribution in [0.4, 0.5) is 0 Å². The zero-order valence-corrected chi connectivity index (χ0v) is 27.1. The molecule has 0 aliphatic rings. The molecule has 0 heterocycles. The molecule has 242 valence electrons.